The molecule has 2 rings (SSSR count). The quantitative estimate of drug-likeness (QED) is 0.712. The van der Waals surface area contributed by atoms with Gasteiger partial charge in [0, 0.05) is 16.8 Å². The maximum atomic E-state index is 4.78. The van der Waals surface area contributed by atoms with E-state index in [1.165, 1.54) is 5.56 Å². The Morgan fingerprint density at radius 3 is 2.94 bits per heavy atom. The van der Waals surface area contributed by atoms with E-state index in [-0.39, 0.29) is 0 Å². The van der Waals surface area contributed by atoms with Crippen LogP contribution >= 0.6 is 0 Å². The molecule has 0 saturated heterocycles. The second kappa shape index (κ2) is 5.20. The maximum Gasteiger partial charge on any atom is 0.0788 e. The molecule has 0 amide bonds. The van der Waals surface area contributed by atoms with E-state index < -0.39 is 0 Å². The minimum Gasteiger partial charge on any atom is -0.252 e. The summed E-state index contributed by atoms with van der Waals surface area (Å²) in [4.78, 5) is 4.78. The maximum absolute atomic E-state index is 4.78. The van der Waals surface area contributed by atoms with E-state index >= 15 is 0 Å². The SMILES string of the molecule is C=c1cc2c(cc1C)=C=CCC(C)C(/C=C/C)=N2. The van der Waals surface area contributed by atoms with Crippen LogP contribution in [0.5, 0.6) is 0 Å². The minimum atomic E-state index is 0.427. The third-order valence-corrected chi connectivity index (χ3v) is 3.28. The van der Waals surface area contributed by atoms with Gasteiger partial charge in [0.1, 0.15) is 0 Å². The highest BCUT2D eigenvalue weighted by Crippen LogP contribution is 2.14. The molecular weight excluding hydrogens is 218 g/mol. The molecule has 0 aromatic heterocycles. The number of allylic oxidation sites excluding steroid dienone is 3. The Morgan fingerprint density at radius 1 is 1.44 bits per heavy atom. The number of aryl methyl sites for hydroxylation is 1. The van der Waals surface area contributed by atoms with Crippen LogP contribution in [0.15, 0.2) is 35.4 Å². The normalized spacial score (nSPS) is 18.8. The summed E-state index contributed by atoms with van der Waals surface area (Å²) in [5.41, 5.74) is 6.63. The van der Waals surface area contributed by atoms with Crippen molar-refractivity contribution < 1.29 is 0 Å². The Morgan fingerprint density at radius 2 is 2.22 bits per heavy atom. The number of fused-ring (bicyclic) bond motifs is 1. The zero-order chi connectivity index (χ0) is 13.1. The van der Waals surface area contributed by atoms with Crippen molar-refractivity contribution in [1.82, 2.24) is 0 Å². The van der Waals surface area contributed by atoms with Crippen molar-refractivity contribution in [2.24, 2.45) is 10.9 Å². The Balaban J connectivity index is 2.73. The average Bonchev–Trinajstić information content (AvgIpc) is 2.32. The van der Waals surface area contributed by atoms with Gasteiger partial charge in [0.05, 0.1) is 5.69 Å². The van der Waals surface area contributed by atoms with Crippen molar-refractivity contribution in [3.63, 3.8) is 0 Å². The number of hydrogen-bond donors (Lipinski definition) is 0. The molecule has 1 atom stereocenters. The molecular formula is C17H19N. The van der Waals surface area contributed by atoms with Gasteiger partial charge in [0.25, 0.3) is 0 Å². The van der Waals surface area contributed by atoms with E-state index in [0.717, 1.165) is 28.3 Å². The fraction of sp³-hybridized carbons (Fsp3) is 0.294. The summed E-state index contributed by atoms with van der Waals surface area (Å²) in [6.45, 7) is 10.3. The highest BCUT2D eigenvalue weighted by Gasteiger charge is 2.08. The zero-order valence-corrected chi connectivity index (χ0v) is 11.3. The number of benzene rings is 1. The fourth-order valence-corrected chi connectivity index (χ4v) is 2.04. The lowest BCUT2D eigenvalue weighted by Crippen LogP contribution is -2.15. The molecule has 92 valence electrons. The van der Waals surface area contributed by atoms with Crippen LogP contribution in [0.25, 0.3) is 12.3 Å². The first-order chi connectivity index (χ1) is 8.61. The van der Waals surface area contributed by atoms with Crippen LogP contribution in [0.3, 0.4) is 0 Å². The highest BCUT2D eigenvalue weighted by atomic mass is 14.8. The predicted molar refractivity (Wildman–Crippen MR) is 79.6 cm³/mol. The van der Waals surface area contributed by atoms with Gasteiger partial charge in [0.15, 0.2) is 0 Å². The van der Waals surface area contributed by atoms with Crippen LogP contribution < -0.4 is 10.4 Å². The first-order valence-corrected chi connectivity index (χ1v) is 6.38. The lowest BCUT2D eigenvalue weighted by atomic mass is 9.99. The standard InChI is InChI=1S/C17H19N/c1-5-7-16-12(2)8-6-9-15-10-13(3)14(4)11-17(15)18-16/h5-7,10-12H,4,8H2,1-3H3/b7-5+,18-16?. The molecule has 0 N–H and O–H groups in total. The molecule has 1 aliphatic heterocycles. The summed E-state index contributed by atoms with van der Waals surface area (Å²) in [6, 6.07) is 4.16. The molecule has 1 unspecified atom stereocenters. The number of aliphatic imine (C=N–C) groups is 1. The van der Waals surface area contributed by atoms with E-state index in [9.17, 15) is 0 Å². The summed E-state index contributed by atoms with van der Waals surface area (Å²) in [7, 11) is 0. The van der Waals surface area contributed by atoms with Crippen molar-refractivity contribution in [3.05, 3.63) is 46.4 Å². The molecule has 1 heterocycles. The summed E-state index contributed by atoms with van der Waals surface area (Å²) < 4.78 is 0. The molecule has 0 fully saturated rings. The topological polar surface area (TPSA) is 12.4 Å². The molecule has 0 spiro atoms. The molecule has 1 heteroatoms. The summed E-state index contributed by atoms with van der Waals surface area (Å²) in [5, 5.41) is 2.10. The van der Waals surface area contributed by atoms with E-state index in [2.05, 4.69) is 44.4 Å². The van der Waals surface area contributed by atoms with Gasteiger partial charge in [-0.2, -0.15) is 0 Å². The van der Waals surface area contributed by atoms with Gasteiger partial charge in [-0.15, -0.1) is 5.73 Å². The van der Waals surface area contributed by atoms with Crippen LogP contribution in [-0.4, -0.2) is 5.71 Å². The van der Waals surface area contributed by atoms with Crippen molar-refractivity contribution in [2.45, 2.75) is 27.2 Å². The van der Waals surface area contributed by atoms with Gasteiger partial charge in [0.2, 0.25) is 0 Å². The molecule has 1 aromatic carbocycles. The lowest BCUT2D eigenvalue weighted by Gasteiger charge is -2.11. The predicted octanol–water partition coefficient (Wildman–Crippen LogP) is 3.03. The van der Waals surface area contributed by atoms with Gasteiger partial charge < -0.3 is 0 Å². The Bertz CT molecular complexity index is 656. The molecule has 1 aromatic rings. The molecule has 1 aliphatic rings. The van der Waals surface area contributed by atoms with Gasteiger partial charge >= 0.3 is 0 Å². The van der Waals surface area contributed by atoms with Crippen molar-refractivity contribution >= 4 is 23.7 Å². The molecule has 0 aliphatic carbocycles. The zero-order valence-electron chi connectivity index (χ0n) is 11.3. The number of nitrogens with zero attached hydrogens (tertiary/aromatic N) is 1. The van der Waals surface area contributed by atoms with Crippen LogP contribution in [0.2, 0.25) is 0 Å². The Hall–Kier alpha value is -1.85. The molecule has 18 heavy (non-hydrogen) atoms. The van der Waals surface area contributed by atoms with Crippen LogP contribution in [0, 0.1) is 12.8 Å². The minimum absolute atomic E-state index is 0.427. The van der Waals surface area contributed by atoms with Gasteiger partial charge in [-0.25, -0.2) is 0 Å². The largest absolute Gasteiger partial charge is 0.252 e. The fourth-order valence-electron chi connectivity index (χ4n) is 2.04. The van der Waals surface area contributed by atoms with Crippen LogP contribution in [0.4, 0.5) is 5.69 Å². The smallest absolute Gasteiger partial charge is 0.0788 e. The highest BCUT2D eigenvalue weighted by molar-refractivity contribution is 5.98. The van der Waals surface area contributed by atoms with Gasteiger partial charge in [-0.3, -0.25) is 4.99 Å². The molecule has 1 nitrogen and oxygen atoms in total. The van der Waals surface area contributed by atoms with Gasteiger partial charge in [-0.05, 0) is 55.3 Å². The van der Waals surface area contributed by atoms with Crippen molar-refractivity contribution in [2.75, 3.05) is 0 Å². The van der Waals surface area contributed by atoms with E-state index in [1.807, 2.05) is 19.1 Å². The van der Waals surface area contributed by atoms with E-state index in [4.69, 9.17) is 4.99 Å². The van der Waals surface area contributed by atoms with Crippen LogP contribution in [-0.2, 0) is 0 Å². The number of hydrogen-bond acceptors (Lipinski definition) is 1. The Labute approximate surface area is 109 Å². The van der Waals surface area contributed by atoms with Crippen LogP contribution in [0.1, 0.15) is 25.8 Å². The number of rotatable bonds is 1. The second-order valence-electron chi connectivity index (χ2n) is 4.82. The third kappa shape index (κ3) is 2.52. The molecule has 0 saturated carbocycles. The average molecular weight is 237 g/mol. The lowest BCUT2D eigenvalue weighted by molar-refractivity contribution is 0.795. The third-order valence-electron chi connectivity index (χ3n) is 3.28. The summed E-state index contributed by atoms with van der Waals surface area (Å²) in [5.74, 6) is 0.427. The first-order valence-electron chi connectivity index (χ1n) is 6.38. The van der Waals surface area contributed by atoms with Crippen molar-refractivity contribution in [3.8, 4) is 0 Å². The monoisotopic (exact) mass is 237 g/mol. The second-order valence-corrected chi connectivity index (χ2v) is 4.82. The molecule has 0 radical (unpaired) electrons. The van der Waals surface area contributed by atoms with Crippen molar-refractivity contribution in [1.29, 1.82) is 0 Å². The summed E-state index contributed by atoms with van der Waals surface area (Å²) >= 11 is 0. The van der Waals surface area contributed by atoms with Gasteiger partial charge in [-0.1, -0.05) is 19.6 Å². The molecule has 0 bridgehead atoms. The summed E-state index contributed by atoms with van der Waals surface area (Å²) in [6.07, 6.45) is 7.23. The van der Waals surface area contributed by atoms with E-state index in [0.29, 0.717) is 5.92 Å². The van der Waals surface area contributed by atoms with E-state index in [1.54, 1.807) is 0 Å². The Kier molecular flexibility index (Phi) is 3.64. The first kappa shape index (κ1) is 12.6.